The van der Waals surface area contributed by atoms with Gasteiger partial charge in [0.25, 0.3) is 0 Å². The number of aliphatic imine (C=N–C) groups is 1. The van der Waals surface area contributed by atoms with E-state index in [9.17, 15) is 0 Å². The molecule has 2 aliphatic rings. The minimum Gasteiger partial charge on any atom is -0.349 e. The molecule has 1 saturated heterocycles. The Bertz CT molecular complexity index is 401. The Balaban J connectivity index is 1.65. The summed E-state index contributed by atoms with van der Waals surface area (Å²) in [6.07, 6.45) is 5.81. The monoisotopic (exact) mass is 250 g/mol. The van der Waals surface area contributed by atoms with E-state index in [2.05, 4.69) is 32.6 Å². The van der Waals surface area contributed by atoms with Crippen molar-refractivity contribution in [3.8, 4) is 0 Å². The first kappa shape index (κ1) is 11.0. The van der Waals surface area contributed by atoms with Gasteiger partial charge in [0.2, 0.25) is 0 Å². The third-order valence-corrected chi connectivity index (χ3v) is 4.51. The molecule has 2 aliphatic heterocycles. The fourth-order valence-electron chi connectivity index (χ4n) is 2.59. The van der Waals surface area contributed by atoms with Crippen molar-refractivity contribution in [1.82, 2.24) is 14.6 Å². The molecule has 0 aliphatic carbocycles. The molecule has 0 aromatic carbocycles. The minimum absolute atomic E-state index is 0.307. The molecular weight excluding hydrogens is 232 g/mol. The molecule has 0 amide bonds. The Morgan fingerprint density at radius 1 is 1.53 bits per heavy atom. The average Bonchev–Trinajstić information content (AvgIpc) is 2.98. The van der Waals surface area contributed by atoms with Gasteiger partial charge in [0.05, 0.1) is 18.6 Å². The average molecular weight is 250 g/mol. The molecule has 1 unspecified atom stereocenters. The summed E-state index contributed by atoms with van der Waals surface area (Å²) in [4.78, 5) is 8.36. The van der Waals surface area contributed by atoms with Crippen molar-refractivity contribution >= 4 is 17.5 Å². The summed E-state index contributed by atoms with van der Waals surface area (Å²) >= 11 is 1.56. The zero-order chi connectivity index (χ0) is 11.7. The highest BCUT2D eigenvalue weighted by Gasteiger charge is 2.30. The third kappa shape index (κ3) is 2.16. The summed E-state index contributed by atoms with van der Waals surface area (Å²) in [5.41, 5.74) is 0. The van der Waals surface area contributed by atoms with Crippen molar-refractivity contribution in [3.05, 3.63) is 17.1 Å². The zero-order valence-electron chi connectivity index (χ0n) is 10.1. The summed E-state index contributed by atoms with van der Waals surface area (Å²) in [5.74, 6) is 1.09. The maximum Gasteiger partial charge on any atom is 0.194 e. The van der Waals surface area contributed by atoms with Crippen molar-refractivity contribution in [3.63, 3.8) is 0 Å². The first-order valence-corrected chi connectivity index (χ1v) is 7.10. The summed E-state index contributed by atoms with van der Waals surface area (Å²) in [5, 5.41) is 3.53. The highest BCUT2D eigenvalue weighted by Crippen LogP contribution is 2.23. The fourth-order valence-corrected chi connectivity index (χ4v) is 3.18. The van der Waals surface area contributed by atoms with E-state index in [4.69, 9.17) is 0 Å². The van der Waals surface area contributed by atoms with Crippen LogP contribution in [0.3, 0.4) is 0 Å². The SMILES string of the molecule is CC(NC1=NC[C@H]2CCCCN12)c1ccns1. The van der Waals surface area contributed by atoms with Gasteiger partial charge in [-0.05, 0) is 43.8 Å². The molecule has 0 bridgehead atoms. The Kier molecular flexibility index (Phi) is 3.01. The van der Waals surface area contributed by atoms with Crippen molar-refractivity contribution in [1.29, 1.82) is 0 Å². The normalized spacial score (nSPS) is 25.4. The van der Waals surface area contributed by atoms with Crippen molar-refractivity contribution in [2.75, 3.05) is 13.1 Å². The molecule has 1 aromatic rings. The molecule has 1 N–H and O–H groups in total. The van der Waals surface area contributed by atoms with E-state index in [1.807, 2.05) is 6.20 Å². The van der Waals surface area contributed by atoms with E-state index in [0.717, 1.165) is 19.0 Å². The summed E-state index contributed by atoms with van der Waals surface area (Å²) in [7, 11) is 0. The van der Waals surface area contributed by atoms with Gasteiger partial charge in [-0.1, -0.05) is 0 Å². The second-order valence-electron chi connectivity index (χ2n) is 4.79. The van der Waals surface area contributed by atoms with Gasteiger partial charge in [-0.25, -0.2) is 4.37 Å². The number of hydrogen-bond acceptors (Lipinski definition) is 5. The number of nitrogens with zero attached hydrogens (tertiary/aromatic N) is 3. The van der Waals surface area contributed by atoms with Gasteiger partial charge in [0.15, 0.2) is 5.96 Å². The molecule has 0 radical (unpaired) electrons. The Hall–Kier alpha value is -1.10. The molecule has 0 spiro atoms. The van der Waals surface area contributed by atoms with Crippen LogP contribution >= 0.6 is 11.5 Å². The van der Waals surface area contributed by atoms with Crippen LogP contribution in [0.2, 0.25) is 0 Å². The number of hydrogen-bond donors (Lipinski definition) is 1. The molecule has 2 atom stereocenters. The number of aromatic nitrogens is 1. The summed E-state index contributed by atoms with van der Waals surface area (Å²) in [6, 6.07) is 3.03. The lowest BCUT2D eigenvalue weighted by Crippen LogP contribution is -2.46. The van der Waals surface area contributed by atoms with Gasteiger partial charge < -0.3 is 10.2 Å². The molecule has 3 rings (SSSR count). The van der Waals surface area contributed by atoms with Crippen molar-refractivity contribution in [2.45, 2.75) is 38.3 Å². The molecule has 0 saturated carbocycles. The molecule has 17 heavy (non-hydrogen) atoms. The van der Waals surface area contributed by atoms with Crippen molar-refractivity contribution in [2.24, 2.45) is 4.99 Å². The number of nitrogens with one attached hydrogen (secondary N) is 1. The molecule has 5 heteroatoms. The number of fused-ring (bicyclic) bond motifs is 1. The standard InChI is InChI=1S/C12H18N4S/c1-9(11-5-6-14-17-11)15-12-13-8-10-4-2-3-7-16(10)12/h5-6,9-10H,2-4,7-8H2,1H3,(H,13,15)/t9?,10-/m1/s1. The van der Waals surface area contributed by atoms with E-state index in [1.165, 1.54) is 24.1 Å². The van der Waals surface area contributed by atoms with Crippen LogP contribution in [-0.4, -0.2) is 34.4 Å². The second kappa shape index (κ2) is 4.64. The molecular formula is C12H18N4S. The number of rotatable bonds is 2. The highest BCUT2D eigenvalue weighted by molar-refractivity contribution is 7.05. The van der Waals surface area contributed by atoms with E-state index < -0.39 is 0 Å². The summed E-state index contributed by atoms with van der Waals surface area (Å²) in [6.45, 7) is 4.30. The quantitative estimate of drug-likeness (QED) is 0.873. The largest absolute Gasteiger partial charge is 0.349 e. The van der Waals surface area contributed by atoms with Crippen LogP contribution in [-0.2, 0) is 0 Å². The van der Waals surface area contributed by atoms with Crippen LogP contribution in [0, 0.1) is 0 Å². The fraction of sp³-hybridized carbons (Fsp3) is 0.667. The van der Waals surface area contributed by atoms with Gasteiger partial charge in [-0.3, -0.25) is 4.99 Å². The molecule has 3 heterocycles. The van der Waals surface area contributed by atoms with Gasteiger partial charge in [0.1, 0.15) is 0 Å². The van der Waals surface area contributed by atoms with Crippen LogP contribution in [0.15, 0.2) is 17.3 Å². The van der Waals surface area contributed by atoms with E-state index in [-0.39, 0.29) is 0 Å². The lowest BCUT2D eigenvalue weighted by molar-refractivity contribution is 0.261. The lowest BCUT2D eigenvalue weighted by atomic mass is 10.0. The molecule has 4 nitrogen and oxygen atoms in total. The number of guanidine groups is 1. The molecule has 92 valence electrons. The summed E-state index contributed by atoms with van der Waals surface area (Å²) < 4.78 is 4.15. The van der Waals surface area contributed by atoms with Crippen molar-refractivity contribution < 1.29 is 0 Å². The Morgan fingerprint density at radius 2 is 2.47 bits per heavy atom. The maximum atomic E-state index is 4.65. The maximum absolute atomic E-state index is 4.65. The molecule has 1 aromatic heterocycles. The van der Waals surface area contributed by atoms with Crippen LogP contribution in [0.4, 0.5) is 0 Å². The van der Waals surface area contributed by atoms with Gasteiger partial charge in [-0.2, -0.15) is 0 Å². The Labute approximate surface area is 106 Å². The topological polar surface area (TPSA) is 40.5 Å². The van der Waals surface area contributed by atoms with Crippen LogP contribution in [0.1, 0.15) is 37.1 Å². The van der Waals surface area contributed by atoms with Crippen LogP contribution in [0.5, 0.6) is 0 Å². The predicted octanol–water partition coefficient (Wildman–Crippen LogP) is 2.02. The van der Waals surface area contributed by atoms with Gasteiger partial charge in [0, 0.05) is 17.6 Å². The van der Waals surface area contributed by atoms with Crippen LogP contribution in [0.25, 0.3) is 0 Å². The number of piperidine rings is 1. The lowest BCUT2D eigenvalue weighted by Gasteiger charge is -2.33. The third-order valence-electron chi connectivity index (χ3n) is 3.58. The van der Waals surface area contributed by atoms with E-state index in [1.54, 1.807) is 11.5 Å². The first-order valence-electron chi connectivity index (χ1n) is 6.33. The predicted molar refractivity (Wildman–Crippen MR) is 70.3 cm³/mol. The second-order valence-corrected chi connectivity index (χ2v) is 5.65. The van der Waals surface area contributed by atoms with Gasteiger partial charge in [-0.15, -0.1) is 0 Å². The van der Waals surface area contributed by atoms with E-state index >= 15 is 0 Å². The van der Waals surface area contributed by atoms with E-state index in [0.29, 0.717) is 12.1 Å². The first-order chi connectivity index (χ1) is 8.34. The minimum atomic E-state index is 0.307. The highest BCUT2D eigenvalue weighted by atomic mass is 32.1. The van der Waals surface area contributed by atoms with Crippen LogP contribution < -0.4 is 5.32 Å². The Morgan fingerprint density at radius 3 is 3.29 bits per heavy atom. The molecule has 1 fully saturated rings. The smallest absolute Gasteiger partial charge is 0.194 e. The van der Waals surface area contributed by atoms with Gasteiger partial charge >= 0.3 is 0 Å². The zero-order valence-corrected chi connectivity index (χ0v) is 10.9.